The number of pyridine rings is 1. The van der Waals surface area contributed by atoms with Gasteiger partial charge in [-0.1, -0.05) is 41.2 Å². The smallest absolute Gasteiger partial charge is 0.254 e. The first-order valence-corrected chi connectivity index (χ1v) is 9.49. The fourth-order valence-electron chi connectivity index (χ4n) is 2.58. The topological polar surface area (TPSA) is 77.2 Å². The van der Waals surface area contributed by atoms with Crippen molar-refractivity contribution in [1.82, 2.24) is 15.5 Å². The van der Waals surface area contributed by atoms with Gasteiger partial charge in [-0.2, -0.15) is 0 Å². The van der Waals surface area contributed by atoms with E-state index in [1.54, 1.807) is 25.4 Å². The molecule has 0 aliphatic rings. The molecule has 3 rings (SSSR count). The van der Waals surface area contributed by atoms with Crippen molar-refractivity contribution in [3.8, 4) is 0 Å². The van der Waals surface area contributed by atoms with E-state index < -0.39 is 0 Å². The molecule has 2 aromatic heterocycles. The van der Waals surface area contributed by atoms with Crippen molar-refractivity contribution in [3.05, 3.63) is 76.8 Å². The largest absolute Gasteiger partial charge is 0.380 e. The summed E-state index contributed by atoms with van der Waals surface area (Å²) in [6.45, 7) is 2.84. The van der Waals surface area contributed by atoms with Gasteiger partial charge in [0.2, 0.25) is 0 Å². The minimum atomic E-state index is -0.154. The molecule has 6 nitrogen and oxygen atoms in total. The van der Waals surface area contributed by atoms with Crippen molar-refractivity contribution in [2.75, 3.05) is 7.11 Å². The number of nitrogens with zero attached hydrogens (tertiary/aromatic N) is 2. The predicted molar refractivity (Wildman–Crippen MR) is 103 cm³/mol. The molecule has 0 aliphatic heterocycles. The Balaban J connectivity index is 1.63. The van der Waals surface area contributed by atoms with Crippen LogP contribution in [0.25, 0.3) is 0 Å². The highest BCUT2D eigenvalue weighted by molar-refractivity contribution is 7.98. The van der Waals surface area contributed by atoms with Crippen LogP contribution in [0.3, 0.4) is 0 Å². The van der Waals surface area contributed by atoms with E-state index in [0.717, 1.165) is 22.6 Å². The van der Waals surface area contributed by atoms with Crippen molar-refractivity contribution >= 4 is 17.7 Å². The third-order valence-corrected chi connectivity index (χ3v) is 4.84. The third-order valence-electron chi connectivity index (χ3n) is 3.80. The first-order valence-electron chi connectivity index (χ1n) is 8.50. The first-order chi connectivity index (χ1) is 13.2. The number of rotatable bonds is 8. The fraction of sp³-hybridized carbons (Fsp3) is 0.250. The number of carbonyl (C=O) groups excluding carboxylic acids is 1. The fourth-order valence-corrected chi connectivity index (χ4v) is 3.45. The molecule has 0 atom stereocenters. The first kappa shape index (κ1) is 19.1. The number of hydrogen-bond acceptors (Lipinski definition) is 6. The van der Waals surface area contributed by atoms with Crippen LogP contribution in [0.1, 0.15) is 32.9 Å². The molecule has 3 aromatic rings. The van der Waals surface area contributed by atoms with Crippen molar-refractivity contribution in [3.63, 3.8) is 0 Å². The number of hydrogen-bond donors (Lipinski definition) is 1. The highest BCUT2D eigenvalue weighted by Crippen LogP contribution is 2.24. The average molecular weight is 383 g/mol. The predicted octanol–water partition coefficient (Wildman–Crippen LogP) is 3.75. The molecule has 0 aliphatic carbocycles. The lowest BCUT2D eigenvalue weighted by Gasteiger charge is -2.09. The Morgan fingerprint density at radius 3 is 2.85 bits per heavy atom. The van der Waals surface area contributed by atoms with Gasteiger partial charge in [-0.3, -0.25) is 4.79 Å². The highest BCUT2D eigenvalue weighted by Gasteiger charge is 2.13. The standard InChI is InChI=1S/C20H21N3O3S/c1-14-9-17(23-26-14)13-27-20-18(7-4-8-21-20)19(24)22-11-15-5-3-6-16(10-15)12-25-2/h3-10H,11-13H2,1-2H3,(H,22,24). The maximum absolute atomic E-state index is 12.6. The highest BCUT2D eigenvalue weighted by atomic mass is 32.2. The van der Waals surface area contributed by atoms with Crippen molar-refractivity contribution in [2.24, 2.45) is 0 Å². The lowest BCUT2D eigenvalue weighted by atomic mass is 10.1. The van der Waals surface area contributed by atoms with Gasteiger partial charge in [0.15, 0.2) is 0 Å². The molecular weight excluding hydrogens is 362 g/mol. The van der Waals surface area contributed by atoms with E-state index in [9.17, 15) is 4.79 Å². The molecule has 0 saturated heterocycles. The van der Waals surface area contributed by atoms with E-state index in [1.165, 1.54) is 11.8 Å². The molecule has 1 amide bonds. The summed E-state index contributed by atoms with van der Waals surface area (Å²) in [5, 5.41) is 7.60. The maximum atomic E-state index is 12.6. The third kappa shape index (κ3) is 5.42. The van der Waals surface area contributed by atoms with Crippen LogP contribution in [0, 0.1) is 6.92 Å². The summed E-state index contributed by atoms with van der Waals surface area (Å²) in [7, 11) is 1.66. The summed E-state index contributed by atoms with van der Waals surface area (Å²) in [4.78, 5) is 17.0. The molecule has 0 spiro atoms. The number of carbonyl (C=O) groups is 1. The van der Waals surface area contributed by atoms with Crippen molar-refractivity contribution < 1.29 is 14.1 Å². The molecule has 1 N–H and O–H groups in total. The molecule has 27 heavy (non-hydrogen) atoms. The summed E-state index contributed by atoms with van der Waals surface area (Å²) >= 11 is 1.46. The van der Waals surface area contributed by atoms with Crippen LogP contribution >= 0.6 is 11.8 Å². The van der Waals surface area contributed by atoms with Crippen LogP contribution in [-0.2, 0) is 23.6 Å². The summed E-state index contributed by atoms with van der Waals surface area (Å²) < 4.78 is 10.2. The van der Waals surface area contributed by atoms with Gasteiger partial charge in [-0.15, -0.1) is 0 Å². The Hall–Kier alpha value is -2.64. The number of ether oxygens (including phenoxy) is 1. The second-order valence-electron chi connectivity index (χ2n) is 6.01. The van der Waals surface area contributed by atoms with Crippen LogP contribution < -0.4 is 5.32 Å². The lowest BCUT2D eigenvalue weighted by molar-refractivity contribution is 0.0947. The Morgan fingerprint density at radius 1 is 1.22 bits per heavy atom. The zero-order valence-electron chi connectivity index (χ0n) is 15.3. The molecule has 0 fully saturated rings. The zero-order chi connectivity index (χ0) is 19.1. The SMILES string of the molecule is COCc1cccc(CNC(=O)c2cccnc2SCc2cc(C)on2)c1. The molecule has 0 radical (unpaired) electrons. The van der Waals surface area contributed by atoms with Gasteiger partial charge in [0.1, 0.15) is 10.8 Å². The van der Waals surface area contributed by atoms with Gasteiger partial charge in [0, 0.05) is 31.7 Å². The van der Waals surface area contributed by atoms with Crippen LogP contribution in [0.5, 0.6) is 0 Å². The number of aryl methyl sites for hydroxylation is 1. The Bertz CT molecular complexity index is 911. The van der Waals surface area contributed by atoms with Gasteiger partial charge >= 0.3 is 0 Å². The number of benzene rings is 1. The quantitative estimate of drug-likeness (QED) is 0.597. The maximum Gasteiger partial charge on any atom is 0.254 e. The van der Waals surface area contributed by atoms with E-state index in [4.69, 9.17) is 9.26 Å². The molecule has 2 heterocycles. The van der Waals surface area contributed by atoms with E-state index in [2.05, 4.69) is 15.5 Å². The van der Waals surface area contributed by atoms with E-state index in [-0.39, 0.29) is 5.91 Å². The van der Waals surface area contributed by atoms with Crippen LogP contribution in [0.15, 0.2) is 58.2 Å². The normalized spacial score (nSPS) is 10.7. The summed E-state index contributed by atoms with van der Waals surface area (Å²) in [6.07, 6.45) is 1.68. The van der Waals surface area contributed by atoms with Crippen LogP contribution in [-0.4, -0.2) is 23.2 Å². The van der Waals surface area contributed by atoms with Gasteiger partial charge in [0.25, 0.3) is 5.91 Å². The van der Waals surface area contributed by atoms with Gasteiger partial charge in [-0.05, 0) is 30.2 Å². The molecule has 140 valence electrons. The van der Waals surface area contributed by atoms with Gasteiger partial charge in [-0.25, -0.2) is 4.98 Å². The second kappa shape index (κ2) is 9.34. The summed E-state index contributed by atoms with van der Waals surface area (Å²) in [6, 6.07) is 13.4. The lowest BCUT2D eigenvalue weighted by Crippen LogP contribution is -2.23. The van der Waals surface area contributed by atoms with Crippen LogP contribution in [0.2, 0.25) is 0 Å². The minimum absolute atomic E-state index is 0.154. The van der Waals surface area contributed by atoms with Gasteiger partial charge in [0.05, 0.1) is 17.9 Å². The second-order valence-corrected chi connectivity index (χ2v) is 6.97. The number of amides is 1. The zero-order valence-corrected chi connectivity index (χ0v) is 16.1. The van der Waals surface area contributed by atoms with Crippen molar-refractivity contribution in [1.29, 1.82) is 0 Å². The molecule has 0 unspecified atom stereocenters. The number of thioether (sulfide) groups is 1. The van der Waals surface area contributed by atoms with E-state index in [1.807, 2.05) is 37.3 Å². The Morgan fingerprint density at radius 2 is 2.07 bits per heavy atom. The Kier molecular flexibility index (Phi) is 6.62. The van der Waals surface area contributed by atoms with Crippen molar-refractivity contribution in [2.45, 2.75) is 30.9 Å². The molecule has 0 bridgehead atoms. The number of nitrogens with one attached hydrogen (secondary N) is 1. The summed E-state index contributed by atoms with van der Waals surface area (Å²) in [5.41, 5.74) is 3.47. The van der Waals surface area contributed by atoms with E-state index >= 15 is 0 Å². The molecule has 1 aromatic carbocycles. The average Bonchev–Trinajstić information content (AvgIpc) is 3.10. The summed E-state index contributed by atoms with van der Waals surface area (Å²) in [5.74, 6) is 1.20. The van der Waals surface area contributed by atoms with E-state index in [0.29, 0.717) is 29.5 Å². The number of aromatic nitrogens is 2. The molecule has 7 heteroatoms. The number of methoxy groups -OCH3 is 1. The van der Waals surface area contributed by atoms with Crippen LogP contribution in [0.4, 0.5) is 0 Å². The van der Waals surface area contributed by atoms with Gasteiger partial charge < -0.3 is 14.6 Å². The molecule has 0 saturated carbocycles. The molecular formula is C20H21N3O3S. The minimum Gasteiger partial charge on any atom is -0.380 e. The Labute approximate surface area is 162 Å². The monoisotopic (exact) mass is 383 g/mol.